The lowest BCUT2D eigenvalue weighted by molar-refractivity contribution is -0.136. The van der Waals surface area contributed by atoms with Crippen LogP contribution in [0.15, 0.2) is 48.5 Å². The number of carbonyl (C=O) groups is 2. The van der Waals surface area contributed by atoms with E-state index in [9.17, 15) is 14.0 Å². The van der Waals surface area contributed by atoms with E-state index in [0.717, 1.165) is 5.56 Å². The van der Waals surface area contributed by atoms with Crippen molar-refractivity contribution in [2.45, 2.75) is 6.04 Å². The van der Waals surface area contributed by atoms with Gasteiger partial charge in [-0.25, -0.2) is 4.39 Å². The van der Waals surface area contributed by atoms with Gasteiger partial charge in [-0.05, 0) is 29.8 Å². The lowest BCUT2D eigenvalue weighted by atomic mass is 10.0. The van der Waals surface area contributed by atoms with Gasteiger partial charge in [0.2, 0.25) is 0 Å². The van der Waals surface area contributed by atoms with Crippen molar-refractivity contribution in [3.05, 3.63) is 65.5 Å². The van der Waals surface area contributed by atoms with Crippen LogP contribution in [0.5, 0.6) is 0 Å². The number of carbonyl (C=O) groups excluding carboxylic acids is 2. The fraction of sp³-hybridized carbons (Fsp3) is 0.286. The summed E-state index contributed by atoms with van der Waals surface area (Å²) in [5, 5.41) is 14.2. The minimum Gasteiger partial charge on any atom is -0.379 e. The van der Waals surface area contributed by atoms with Crippen molar-refractivity contribution >= 4 is 17.5 Å². The molecule has 7 nitrogen and oxygen atoms in total. The highest BCUT2D eigenvalue weighted by atomic mass is 19.1. The molecule has 1 fully saturated rings. The molecule has 2 aromatic rings. The summed E-state index contributed by atoms with van der Waals surface area (Å²) >= 11 is 0. The second kappa shape index (κ2) is 9.78. The fourth-order valence-corrected chi connectivity index (χ4v) is 3.17. The smallest absolute Gasteiger partial charge is 0.313 e. The van der Waals surface area contributed by atoms with Gasteiger partial charge in [-0.2, -0.15) is 5.26 Å². The molecule has 0 aliphatic carbocycles. The van der Waals surface area contributed by atoms with Crippen molar-refractivity contribution in [1.82, 2.24) is 10.2 Å². The van der Waals surface area contributed by atoms with Gasteiger partial charge in [0, 0.05) is 19.6 Å². The van der Waals surface area contributed by atoms with Gasteiger partial charge >= 0.3 is 11.8 Å². The maximum Gasteiger partial charge on any atom is 0.313 e. The number of nitrogens with one attached hydrogen (secondary N) is 2. The van der Waals surface area contributed by atoms with E-state index in [1.807, 2.05) is 6.07 Å². The average Bonchev–Trinajstić information content (AvgIpc) is 2.76. The van der Waals surface area contributed by atoms with E-state index in [-0.39, 0.29) is 29.7 Å². The fourth-order valence-electron chi connectivity index (χ4n) is 3.17. The van der Waals surface area contributed by atoms with Crippen molar-refractivity contribution in [2.75, 3.05) is 38.2 Å². The summed E-state index contributed by atoms with van der Waals surface area (Å²) in [7, 11) is 0. The summed E-state index contributed by atoms with van der Waals surface area (Å²) in [5.41, 5.74) is 1.38. The van der Waals surface area contributed by atoms with Gasteiger partial charge in [0.1, 0.15) is 11.9 Å². The van der Waals surface area contributed by atoms with Crippen LogP contribution in [-0.4, -0.2) is 49.6 Å². The molecule has 0 radical (unpaired) electrons. The maximum atomic E-state index is 13.3. The number of morpholine rings is 1. The van der Waals surface area contributed by atoms with Crippen molar-refractivity contribution in [3.8, 4) is 6.07 Å². The zero-order valence-corrected chi connectivity index (χ0v) is 15.7. The largest absolute Gasteiger partial charge is 0.379 e. The van der Waals surface area contributed by atoms with Gasteiger partial charge in [0.15, 0.2) is 0 Å². The Balaban J connectivity index is 1.66. The molecular weight excluding hydrogens is 375 g/mol. The standard InChI is InChI=1S/C21H21FN4O3/c22-17-7-5-15(6-8-17)19(26-9-11-29-12-10-26)14-24-20(27)21(28)25-18-4-2-1-3-16(18)13-23/h1-8,19H,9-12,14H2,(H,24,27)(H,25,28)/t19-/m0/s1. The Bertz CT molecular complexity index is 905. The average molecular weight is 396 g/mol. The van der Waals surface area contributed by atoms with Gasteiger partial charge < -0.3 is 15.4 Å². The van der Waals surface area contributed by atoms with E-state index in [1.54, 1.807) is 36.4 Å². The molecule has 1 saturated heterocycles. The molecule has 1 heterocycles. The first-order valence-corrected chi connectivity index (χ1v) is 9.24. The van der Waals surface area contributed by atoms with E-state index in [1.165, 1.54) is 12.1 Å². The zero-order valence-electron chi connectivity index (χ0n) is 15.7. The molecule has 2 amide bonds. The van der Waals surface area contributed by atoms with Crippen LogP contribution in [0.4, 0.5) is 10.1 Å². The Kier molecular flexibility index (Phi) is 6.89. The highest BCUT2D eigenvalue weighted by molar-refractivity contribution is 6.39. The van der Waals surface area contributed by atoms with Crippen LogP contribution in [0, 0.1) is 17.1 Å². The van der Waals surface area contributed by atoms with Crippen molar-refractivity contribution in [2.24, 2.45) is 0 Å². The number of amides is 2. The number of hydrogen-bond donors (Lipinski definition) is 2. The third kappa shape index (κ3) is 5.38. The van der Waals surface area contributed by atoms with Crippen LogP contribution < -0.4 is 10.6 Å². The van der Waals surface area contributed by atoms with Crippen LogP contribution in [0.1, 0.15) is 17.2 Å². The third-order valence-corrected chi connectivity index (χ3v) is 4.70. The molecule has 2 N–H and O–H groups in total. The van der Waals surface area contributed by atoms with Crippen LogP contribution in [0.25, 0.3) is 0 Å². The third-order valence-electron chi connectivity index (χ3n) is 4.70. The topological polar surface area (TPSA) is 94.5 Å². The number of anilines is 1. The molecule has 150 valence electrons. The molecule has 3 rings (SSSR count). The van der Waals surface area contributed by atoms with Crippen LogP contribution >= 0.6 is 0 Å². The normalized spacial score (nSPS) is 15.2. The number of nitrogens with zero attached hydrogens (tertiary/aromatic N) is 2. The van der Waals surface area contributed by atoms with Crippen molar-refractivity contribution in [3.63, 3.8) is 0 Å². The maximum absolute atomic E-state index is 13.3. The Morgan fingerprint density at radius 1 is 1.10 bits per heavy atom. The number of halogens is 1. The molecule has 1 atom stereocenters. The molecule has 0 aromatic heterocycles. The first-order chi connectivity index (χ1) is 14.1. The molecule has 1 aliphatic heterocycles. The quantitative estimate of drug-likeness (QED) is 0.752. The van der Waals surface area contributed by atoms with E-state index in [2.05, 4.69) is 15.5 Å². The Labute approximate surface area is 168 Å². The summed E-state index contributed by atoms with van der Waals surface area (Å²) in [6.07, 6.45) is 0. The second-order valence-corrected chi connectivity index (χ2v) is 6.54. The molecule has 0 saturated carbocycles. The number of ether oxygens (including phenoxy) is 1. The summed E-state index contributed by atoms with van der Waals surface area (Å²) in [4.78, 5) is 26.7. The summed E-state index contributed by atoms with van der Waals surface area (Å²) in [6.45, 7) is 2.64. The van der Waals surface area contributed by atoms with Crippen LogP contribution in [0.3, 0.4) is 0 Å². The minimum atomic E-state index is -0.854. The first-order valence-electron chi connectivity index (χ1n) is 9.24. The highest BCUT2D eigenvalue weighted by Gasteiger charge is 2.24. The predicted molar refractivity (Wildman–Crippen MR) is 104 cm³/mol. The predicted octanol–water partition coefficient (Wildman–Crippen LogP) is 1.83. The number of benzene rings is 2. The summed E-state index contributed by atoms with van der Waals surface area (Å²) < 4.78 is 18.7. The zero-order chi connectivity index (χ0) is 20.6. The van der Waals surface area contributed by atoms with Crippen molar-refractivity contribution in [1.29, 1.82) is 5.26 Å². The SMILES string of the molecule is N#Cc1ccccc1NC(=O)C(=O)NC[C@@H](c1ccc(F)cc1)N1CCOCC1. The Morgan fingerprint density at radius 3 is 2.48 bits per heavy atom. The molecular formula is C21H21FN4O3. The highest BCUT2D eigenvalue weighted by Crippen LogP contribution is 2.21. The van der Waals surface area contributed by atoms with Gasteiger partial charge in [-0.1, -0.05) is 24.3 Å². The summed E-state index contributed by atoms with van der Waals surface area (Å²) in [5.74, 6) is -2.00. The van der Waals surface area contributed by atoms with E-state index in [4.69, 9.17) is 10.00 Å². The number of rotatable bonds is 5. The minimum absolute atomic E-state index is 0.178. The van der Waals surface area contributed by atoms with Crippen LogP contribution in [0.2, 0.25) is 0 Å². The molecule has 2 aromatic carbocycles. The van der Waals surface area contributed by atoms with Gasteiger partial charge in [0.05, 0.1) is 30.5 Å². The molecule has 0 unspecified atom stereocenters. The monoisotopic (exact) mass is 396 g/mol. The van der Waals surface area contributed by atoms with Gasteiger partial charge in [-0.15, -0.1) is 0 Å². The second-order valence-electron chi connectivity index (χ2n) is 6.54. The molecule has 29 heavy (non-hydrogen) atoms. The lowest BCUT2D eigenvalue weighted by Gasteiger charge is -2.34. The lowest BCUT2D eigenvalue weighted by Crippen LogP contribution is -2.45. The van der Waals surface area contributed by atoms with E-state index >= 15 is 0 Å². The number of hydrogen-bond acceptors (Lipinski definition) is 5. The summed E-state index contributed by atoms with van der Waals surface area (Å²) in [6, 6.07) is 14.3. The Morgan fingerprint density at radius 2 is 1.79 bits per heavy atom. The van der Waals surface area contributed by atoms with Crippen molar-refractivity contribution < 1.29 is 18.7 Å². The first kappa shape index (κ1) is 20.5. The van der Waals surface area contributed by atoms with Gasteiger partial charge in [0.25, 0.3) is 0 Å². The van der Waals surface area contributed by atoms with Gasteiger partial charge in [-0.3, -0.25) is 14.5 Å². The van der Waals surface area contributed by atoms with E-state index < -0.39 is 11.8 Å². The molecule has 0 bridgehead atoms. The Hall–Kier alpha value is -3.28. The molecule has 1 aliphatic rings. The molecule has 0 spiro atoms. The number of nitriles is 1. The van der Waals surface area contributed by atoms with E-state index in [0.29, 0.717) is 26.3 Å². The number of para-hydroxylation sites is 1. The van der Waals surface area contributed by atoms with Crippen LogP contribution in [-0.2, 0) is 14.3 Å². The molecule has 8 heteroatoms.